The van der Waals surface area contributed by atoms with Gasteiger partial charge in [0.05, 0.1) is 19.9 Å². The fraction of sp³-hybridized carbons (Fsp3) is 0.500. The Labute approximate surface area is 96.7 Å². The van der Waals surface area contributed by atoms with Gasteiger partial charge in [0.25, 0.3) is 0 Å². The quantitative estimate of drug-likeness (QED) is 0.718. The first-order valence-electron chi connectivity index (χ1n) is 5.06. The summed E-state index contributed by atoms with van der Waals surface area (Å²) in [6.07, 6.45) is 0. The molecule has 0 aliphatic carbocycles. The maximum absolute atomic E-state index is 5.36. The number of nitrogens with zero attached hydrogens (tertiary/aromatic N) is 1. The van der Waals surface area contributed by atoms with Crippen LogP contribution in [0, 0.1) is 6.92 Å². The van der Waals surface area contributed by atoms with Gasteiger partial charge in [-0.2, -0.15) is 0 Å². The Hall–Kier alpha value is -1.42. The Morgan fingerprint density at radius 2 is 1.81 bits per heavy atom. The highest BCUT2D eigenvalue weighted by molar-refractivity contribution is 5.65. The zero-order valence-corrected chi connectivity index (χ0v) is 10.5. The summed E-state index contributed by atoms with van der Waals surface area (Å²) in [4.78, 5) is 1.99. The van der Waals surface area contributed by atoms with Crippen molar-refractivity contribution >= 4 is 5.69 Å². The molecule has 0 spiro atoms. The van der Waals surface area contributed by atoms with Crippen LogP contribution in [-0.4, -0.2) is 35.1 Å². The molecular formula is C12H19NO3. The van der Waals surface area contributed by atoms with E-state index in [2.05, 4.69) is 0 Å². The van der Waals surface area contributed by atoms with Crippen molar-refractivity contribution < 1.29 is 14.2 Å². The molecule has 4 heteroatoms. The van der Waals surface area contributed by atoms with E-state index in [1.165, 1.54) is 0 Å². The second-order valence-corrected chi connectivity index (χ2v) is 3.61. The normalized spacial score (nSPS) is 10.1. The molecule has 0 saturated heterocycles. The molecule has 0 atom stereocenters. The summed E-state index contributed by atoms with van der Waals surface area (Å²) in [7, 11) is 6.92. The van der Waals surface area contributed by atoms with E-state index in [0.717, 1.165) is 22.7 Å². The smallest absolute Gasteiger partial charge is 0.146 e. The molecule has 4 nitrogen and oxygen atoms in total. The first-order chi connectivity index (χ1) is 7.63. The Morgan fingerprint density at radius 3 is 2.31 bits per heavy atom. The average molecular weight is 225 g/mol. The first-order valence-corrected chi connectivity index (χ1v) is 5.06. The van der Waals surface area contributed by atoms with Crippen molar-refractivity contribution in [1.82, 2.24) is 0 Å². The van der Waals surface area contributed by atoms with E-state index in [1.807, 2.05) is 31.0 Å². The molecule has 0 radical (unpaired) electrons. The van der Waals surface area contributed by atoms with Crippen LogP contribution in [0.2, 0.25) is 0 Å². The second-order valence-electron chi connectivity index (χ2n) is 3.61. The number of hydrogen-bond acceptors (Lipinski definition) is 4. The zero-order chi connectivity index (χ0) is 12.1. The predicted molar refractivity (Wildman–Crippen MR) is 64.6 cm³/mol. The van der Waals surface area contributed by atoms with Gasteiger partial charge in [-0.1, -0.05) is 0 Å². The molecule has 1 aromatic carbocycles. The molecule has 1 aromatic rings. The lowest BCUT2D eigenvalue weighted by atomic mass is 10.1. The highest BCUT2D eigenvalue weighted by atomic mass is 16.5. The number of aryl methyl sites for hydroxylation is 1. The fourth-order valence-corrected chi connectivity index (χ4v) is 1.74. The Balaban J connectivity index is 3.15. The van der Waals surface area contributed by atoms with Crippen LogP contribution in [0.3, 0.4) is 0 Å². The third-order valence-electron chi connectivity index (χ3n) is 2.40. The molecule has 0 amide bonds. The second kappa shape index (κ2) is 5.61. The fourth-order valence-electron chi connectivity index (χ4n) is 1.74. The monoisotopic (exact) mass is 225 g/mol. The summed E-state index contributed by atoms with van der Waals surface area (Å²) in [5.74, 6) is 1.58. The zero-order valence-electron chi connectivity index (χ0n) is 10.5. The summed E-state index contributed by atoms with van der Waals surface area (Å²) >= 11 is 0. The number of anilines is 1. The van der Waals surface area contributed by atoms with E-state index in [0.29, 0.717) is 6.73 Å². The van der Waals surface area contributed by atoms with Crippen LogP contribution in [0.4, 0.5) is 5.69 Å². The molecule has 0 saturated carbocycles. The molecule has 1 rings (SSSR count). The maximum Gasteiger partial charge on any atom is 0.146 e. The molecule has 0 aromatic heterocycles. The van der Waals surface area contributed by atoms with E-state index in [9.17, 15) is 0 Å². The number of benzene rings is 1. The minimum Gasteiger partial charge on any atom is -0.497 e. The summed E-state index contributed by atoms with van der Waals surface area (Å²) in [5, 5.41) is 0. The van der Waals surface area contributed by atoms with E-state index in [-0.39, 0.29) is 0 Å². The van der Waals surface area contributed by atoms with E-state index < -0.39 is 0 Å². The standard InChI is InChI=1S/C12H19NO3/c1-9-6-10(15-4)7-11(16-5)12(9)13(2)8-14-3/h6-7H,8H2,1-5H3. The molecule has 0 unspecified atom stereocenters. The molecule has 0 fully saturated rings. The molecule has 0 aliphatic rings. The van der Waals surface area contributed by atoms with Crippen molar-refractivity contribution in [2.24, 2.45) is 0 Å². The third-order valence-corrected chi connectivity index (χ3v) is 2.40. The van der Waals surface area contributed by atoms with E-state index in [4.69, 9.17) is 14.2 Å². The summed E-state index contributed by atoms with van der Waals surface area (Å²) < 4.78 is 15.7. The van der Waals surface area contributed by atoms with Crippen molar-refractivity contribution in [2.75, 3.05) is 40.0 Å². The number of hydrogen-bond donors (Lipinski definition) is 0. The molecule has 0 heterocycles. The number of rotatable bonds is 5. The van der Waals surface area contributed by atoms with Crippen LogP contribution in [0.25, 0.3) is 0 Å². The maximum atomic E-state index is 5.36. The van der Waals surface area contributed by atoms with Crippen molar-refractivity contribution in [3.8, 4) is 11.5 Å². The van der Waals surface area contributed by atoms with Crippen LogP contribution in [0.1, 0.15) is 5.56 Å². The van der Waals surface area contributed by atoms with Crippen molar-refractivity contribution in [1.29, 1.82) is 0 Å². The molecule has 0 bridgehead atoms. The number of methoxy groups -OCH3 is 3. The van der Waals surface area contributed by atoms with Gasteiger partial charge in [-0.3, -0.25) is 0 Å². The third kappa shape index (κ3) is 2.58. The van der Waals surface area contributed by atoms with Crippen LogP contribution in [0.5, 0.6) is 11.5 Å². The summed E-state index contributed by atoms with van der Waals surface area (Å²) in [5.41, 5.74) is 2.11. The van der Waals surface area contributed by atoms with Gasteiger partial charge in [-0.25, -0.2) is 0 Å². The van der Waals surface area contributed by atoms with Gasteiger partial charge >= 0.3 is 0 Å². The van der Waals surface area contributed by atoms with E-state index >= 15 is 0 Å². The largest absolute Gasteiger partial charge is 0.497 e. The Morgan fingerprint density at radius 1 is 1.12 bits per heavy atom. The average Bonchev–Trinajstić information content (AvgIpc) is 2.27. The van der Waals surface area contributed by atoms with Crippen LogP contribution in [-0.2, 0) is 4.74 Å². The summed E-state index contributed by atoms with van der Waals surface area (Å²) in [6, 6.07) is 3.85. The van der Waals surface area contributed by atoms with Gasteiger partial charge in [0.2, 0.25) is 0 Å². The van der Waals surface area contributed by atoms with Crippen molar-refractivity contribution in [2.45, 2.75) is 6.92 Å². The first kappa shape index (κ1) is 12.6. The Bertz CT molecular complexity index is 352. The summed E-state index contributed by atoms with van der Waals surface area (Å²) in [6.45, 7) is 2.54. The minimum atomic E-state index is 0.517. The van der Waals surface area contributed by atoms with Crippen LogP contribution in [0.15, 0.2) is 12.1 Å². The van der Waals surface area contributed by atoms with Crippen molar-refractivity contribution in [3.63, 3.8) is 0 Å². The number of ether oxygens (including phenoxy) is 3. The Kier molecular flexibility index (Phi) is 4.43. The molecule has 16 heavy (non-hydrogen) atoms. The highest BCUT2D eigenvalue weighted by Crippen LogP contribution is 2.35. The van der Waals surface area contributed by atoms with Gasteiger partial charge in [0.15, 0.2) is 0 Å². The lowest BCUT2D eigenvalue weighted by molar-refractivity contribution is 0.201. The van der Waals surface area contributed by atoms with Crippen LogP contribution >= 0.6 is 0 Å². The predicted octanol–water partition coefficient (Wildman–Crippen LogP) is 2.05. The minimum absolute atomic E-state index is 0.517. The van der Waals surface area contributed by atoms with Gasteiger partial charge in [0, 0.05) is 20.2 Å². The van der Waals surface area contributed by atoms with Gasteiger partial charge in [0.1, 0.15) is 18.2 Å². The van der Waals surface area contributed by atoms with E-state index in [1.54, 1.807) is 21.3 Å². The molecular weight excluding hydrogens is 206 g/mol. The topological polar surface area (TPSA) is 30.9 Å². The molecule has 0 aliphatic heterocycles. The van der Waals surface area contributed by atoms with Crippen molar-refractivity contribution in [3.05, 3.63) is 17.7 Å². The molecule has 90 valence electrons. The molecule has 0 N–H and O–H groups in total. The lowest BCUT2D eigenvalue weighted by Crippen LogP contribution is -2.21. The van der Waals surface area contributed by atoms with Gasteiger partial charge in [-0.05, 0) is 18.6 Å². The lowest BCUT2D eigenvalue weighted by Gasteiger charge is -2.23. The SMILES string of the molecule is COCN(C)c1c(C)cc(OC)cc1OC. The van der Waals surface area contributed by atoms with Gasteiger partial charge < -0.3 is 19.1 Å². The van der Waals surface area contributed by atoms with Gasteiger partial charge in [-0.15, -0.1) is 0 Å². The van der Waals surface area contributed by atoms with Crippen LogP contribution < -0.4 is 14.4 Å². The highest BCUT2D eigenvalue weighted by Gasteiger charge is 2.13.